The molecule has 2 atom stereocenters. The third-order valence-electron chi connectivity index (χ3n) is 5.97. The molecule has 104 valence electrons. The Kier molecular flexibility index (Phi) is 2.15. The summed E-state index contributed by atoms with van der Waals surface area (Å²) in [7, 11) is 0. The number of Topliss-reactive ketones (excluding diaryl/α,β-unsaturated/α-hetero) is 1. The molecule has 3 aliphatic carbocycles. The summed E-state index contributed by atoms with van der Waals surface area (Å²) in [6, 6.07) is 13.2. The Balaban J connectivity index is 1.81. The molecule has 2 unspecified atom stereocenters. The van der Waals surface area contributed by atoms with Crippen molar-refractivity contribution in [3.63, 3.8) is 0 Å². The van der Waals surface area contributed by atoms with E-state index in [4.69, 9.17) is 0 Å². The molecule has 2 bridgehead atoms. The average molecular weight is 274 g/mol. The van der Waals surface area contributed by atoms with E-state index in [-0.39, 0.29) is 5.41 Å². The molecule has 0 aliphatic heterocycles. The summed E-state index contributed by atoms with van der Waals surface area (Å²) < 4.78 is 0. The van der Waals surface area contributed by atoms with Crippen molar-refractivity contribution in [1.29, 1.82) is 0 Å². The molecule has 0 amide bonds. The standard InChI is InChI=1S/C20H18O/c21-19-8-6-16-10-14-3-1-2-4-15(14)11-18(16)20(19)12-13-5-7-17(20)9-13/h1-5,10-11,17H,6-9,12H2. The number of carbonyl (C=O) groups is 1. The molecule has 2 aromatic carbocycles. The van der Waals surface area contributed by atoms with Crippen molar-refractivity contribution in [3.8, 4) is 0 Å². The highest BCUT2D eigenvalue weighted by atomic mass is 16.1. The Bertz CT molecular complexity index is 814. The molecule has 1 heteroatoms. The van der Waals surface area contributed by atoms with Crippen LogP contribution in [0.4, 0.5) is 0 Å². The molecule has 21 heavy (non-hydrogen) atoms. The monoisotopic (exact) mass is 274 g/mol. The Morgan fingerprint density at radius 2 is 1.86 bits per heavy atom. The van der Waals surface area contributed by atoms with Gasteiger partial charge in [0.05, 0.1) is 5.41 Å². The lowest BCUT2D eigenvalue weighted by molar-refractivity contribution is -0.126. The molecule has 0 heterocycles. The van der Waals surface area contributed by atoms with Gasteiger partial charge in [-0.05, 0) is 59.6 Å². The first-order valence-corrected chi connectivity index (χ1v) is 8.01. The summed E-state index contributed by atoms with van der Waals surface area (Å²) in [5, 5.41) is 2.59. The topological polar surface area (TPSA) is 17.1 Å². The molecule has 1 nitrogen and oxygen atoms in total. The van der Waals surface area contributed by atoms with Crippen molar-refractivity contribution in [2.45, 2.75) is 37.5 Å². The maximum absolute atomic E-state index is 12.9. The van der Waals surface area contributed by atoms with Gasteiger partial charge in [0.15, 0.2) is 0 Å². The fourth-order valence-electron chi connectivity index (χ4n) is 4.99. The fourth-order valence-corrected chi connectivity index (χ4v) is 4.99. The second kappa shape index (κ2) is 3.85. The molecule has 0 aromatic heterocycles. The molecule has 1 spiro atoms. The van der Waals surface area contributed by atoms with E-state index in [1.165, 1.54) is 27.5 Å². The summed E-state index contributed by atoms with van der Waals surface area (Å²) in [4.78, 5) is 12.9. The highest BCUT2D eigenvalue weighted by Gasteiger charge is 2.54. The summed E-state index contributed by atoms with van der Waals surface area (Å²) in [6.45, 7) is 0. The molecular formula is C20H18O. The number of hydrogen-bond donors (Lipinski definition) is 0. The average Bonchev–Trinajstić information content (AvgIpc) is 3.12. The Hall–Kier alpha value is -1.89. The number of carbonyl (C=O) groups excluding carboxylic acids is 1. The minimum Gasteiger partial charge on any atom is -0.299 e. The molecular weight excluding hydrogens is 256 g/mol. The van der Waals surface area contributed by atoms with Gasteiger partial charge in [-0.2, -0.15) is 0 Å². The summed E-state index contributed by atoms with van der Waals surface area (Å²) in [6.07, 6.45) is 7.27. The van der Waals surface area contributed by atoms with Crippen LogP contribution < -0.4 is 0 Å². The van der Waals surface area contributed by atoms with Crippen molar-refractivity contribution < 1.29 is 4.79 Å². The summed E-state index contributed by atoms with van der Waals surface area (Å²) in [5.74, 6) is 1.03. The van der Waals surface area contributed by atoms with E-state index in [0.717, 1.165) is 32.1 Å². The summed E-state index contributed by atoms with van der Waals surface area (Å²) >= 11 is 0. The number of allylic oxidation sites excluding steroid dienone is 2. The quantitative estimate of drug-likeness (QED) is 0.653. The van der Waals surface area contributed by atoms with Crippen LogP contribution >= 0.6 is 0 Å². The van der Waals surface area contributed by atoms with Crippen LogP contribution in [0.3, 0.4) is 0 Å². The predicted octanol–water partition coefficient (Wildman–Crippen LogP) is 4.33. The van der Waals surface area contributed by atoms with Crippen LogP contribution in [0.2, 0.25) is 0 Å². The lowest BCUT2D eigenvalue weighted by Crippen LogP contribution is -2.43. The van der Waals surface area contributed by atoms with Crippen LogP contribution in [0.1, 0.15) is 36.8 Å². The fraction of sp³-hybridized carbons (Fsp3) is 0.350. The van der Waals surface area contributed by atoms with Crippen LogP contribution in [0.5, 0.6) is 0 Å². The normalized spacial score (nSPS) is 30.0. The van der Waals surface area contributed by atoms with Crippen molar-refractivity contribution in [3.05, 3.63) is 59.2 Å². The number of rotatable bonds is 0. The van der Waals surface area contributed by atoms with Gasteiger partial charge in [0, 0.05) is 6.42 Å². The van der Waals surface area contributed by atoms with Crippen LogP contribution in [-0.4, -0.2) is 5.78 Å². The van der Waals surface area contributed by atoms with Crippen molar-refractivity contribution in [2.24, 2.45) is 5.92 Å². The van der Waals surface area contributed by atoms with Crippen LogP contribution in [-0.2, 0) is 16.6 Å². The Morgan fingerprint density at radius 1 is 1.05 bits per heavy atom. The smallest absolute Gasteiger partial charge is 0.144 e. The van der Waals surface area contributed by atoms with Crippen LogP contribution in [0.25, 0.3) is 10.8 Å². The molecule has 5 rings (SSSR count). The molecule has 1 saturated carbocycles. The Morgan fingerprint density at radius 3 is 2.57 bits per heavy atom. The van der Waals surface area contributed by atoms with E-state index in [1.807, 2.05) is 0 Å². The van der Waals surface area contributed by atoms with Gasteiger partial charge in [-0.3, -0.25) is 4.79 Å². The van der Waals surface area contributed by atoms with Gasteiger partial charge in [-0.15, -0.1) is 0 Å². The van der Waals surface area contributed by atoms with Gasteiger partial charge in [-0.25, -0.2) is 0 Å². The number of fused-ring (bicyclic) bond motifs is 6. The highest BCUT2D eigenvalue weighted by Crippen LogP contribution is 2.57. The SMILES string of the molecule is O=C1CCc2cc3ccccc3cc2C12CC1=CCC2C1. The van der Waals surface area contributed by atoms with E-state index in [1.54, 1.807) is 0 Å². The first-order valence-electron chi connectivity index (χ1n) is 8.01. The van der Waals surface area contributed by atoms with E-state index in [0.29, 0.717) is 11.7 Å². The molecule has 0 radical (unpaired) electrons. The number of ketones is 1. The molecule has 1 fully saturated rings. The van der Waals surface area contributed by atoms with Gasteiger partial charge >= 0.3 is 0 Å². The second-order valence-corrected chi connectivity index (χ2v) is 6.93. The first-order chi connectivity index (χ1) is 10.3. The van der Waals surface area contributed by atoms with Crippen molar-refractivity contribution in [1.82, 2.24) is 0 Å². The zero-order valence-electron chi connectivity index (χ0n) is 12.1. The van der Waals surface area contributed by atoms with E-state index < -0.39 is 0 Å². The Labute approximate surface area is 124 Å². The zero-order valence-corrected chi connectivity index (χ0v) is 12.1. The molecule has 3 aliphatic rings. The van der Waals surface area contributed by atoms with E-state index in [2.05, 4.69) is 42.5 Å². The van der Waals surface area contributed by atoms with Gasteiger partial charge in [-0.1, -0.05) is 42.0 Å². The maximum atomic E-state index is 12.9. The first kappa shape index (κ1) is 11.7. The third-order valence-corrected chi connectivity index (χ3v) is 5.97. The van der Waals surface area contributed by atoms with Crippen molar-refractivity contribution in [2.75, 3.05) is 0 Å². The number of benzene rings is 2. The van der Waals surface area contributed by atoms with Crippen LogP contribution in [0, 0.1) is 5.92 Å². The largest absolute Gasteiger partial charge is 0.299 e. The predicted molar refractivity (Wildman–Crippen MR) is 84.4 cm³/mol. The lowest BCUT2D eigenvalue weighted by Gasteiger charge is -2.40. The minimum atomic E-state index is -0.179. The number of hydrogen-bond acceptors (Lipinski definition) is 1. The number of aryl methyl sites for hydroxylation is 1. The summed E-state index contributed by atoms with van der Waals surface area (Å²) in [5.41, 5.74) is 4.11. The van der Waals surface area contributed by atoms with Gasteiger partial charge in [0.2, 0.25) is 0 Å². The molecule has 2 aromatic rings. The van der Waals surface area contributed by atoms with Crippen molar-refractivity contribution >= 4 is 16.6 Å². The van der Waals surface area contributed by atoms with Gasteiger partial charge < -0.3 is 0 Å². The van der Waals surface area contributed by atoms with E-state index in [9.17, 15) is 4.79 Å². The molecule has 0 N–H and O–H groups in total. The minimum absolute atomic E-state index is 0.179. The third kappa shape index (κ3) is 1.39. The zero-order chi connectivity index (χ0) is 14.0. The van der Waals surface area contributed by atoms with Gasteiger partial charge in [0.25, 0.3) is 0 Å². The van der Waals surface area contributed by atoms with E-state index >= 15 is 0 Å². The maximum Gasteiger partial charge on any atom is 0.144 e. The van der Waals surface area contributed by atoms with Gasteiger partial charge in [0.1, 0.15) is 5.78 Å². The highest BCUT2D eigenvalue weighted by molar-refractivity contribution is 5.96. The molecule has 0 saturated heterocycles. The van der Waals surface area contributed by atoms with Crippen LogP contribution in [0.15, 0.2) is 48.0 Å². The second-order valence-electron chi connectivity index (χ2n) is 6.93. The lowest BCUT2D eigenvalue weighted by atomic mass is 9.61.